The number of nitrogens with zero attached hydrogens (tertiary/aromatic N) is 2. The molecule has 0 fully saturated rings. The molecule has 0 saturated carbocycles. The smallest absolute Gasteiger partial charge is 0.145 e. The van der Waals surface area contributed by atoms with Gasteiger partial charge in [0, 0.05) is 5.56 Å². The van der Waals surface area contributed by atoms with Crippen LogP contribution in [0.15, 0.2) is 22.8 Å². The molecule has 0 aliphatic heterocycles. The van der Waals surface area contributed by atoms with Crippen molar-refractivity contribution in [2.45, 2.75) is 6.04 Å². The number of hydrogen-bond donors (Lipinski definition) is 1. The minimum Gasteiger partial charge on any atom is -0.308 e. The SMILES string of the molecule is CNC(c1cnsn1)c1c(F)ccc(Br)c1F. The fourth-order valence-electron chi connectivity index (χ4n) is 1.55. The first-order chi connectivity index (χ1) is 8.15. The van der Waals surface area contributed by atoms with Crippen molar-refractivity contribution < 1.29 is 8.78 Å². The van der Waals surface area contributed by atoms with Gasteiger partial charge in [-0.25, -0.2) is 8.78 Å². The summed E-state index contributed by atoms with van der Waals surface area (Å²) >= 11 is 4.04. The van der Waals surface area contributed by atoms with Gasteiger partial charge in [0.15, 0.2) is 0 Å². The quantitative estimate of drug-likeness (QED) is 0.884. The van der Waals surface area contributed by atoms with Gasteiger partial charge in [-0.3, -0.25) is 0 Å². The molecule has 2 aromatic rings. The van der Waals surface area contributed by atoms with Crippen LogP contribution in [0.2, 0.25) is 0 Å². The van der Waals surface area contributed by atoms with Gasteiger partial charge in [0.2, 0.25) is 0 Å². The highest BCUT2D eigenvalue weighted by Crippen LogP contribution is 2.29. The van der Waals surface area contributed by atoms with Crippen LogP contribution in [0.4, 0.5) is 8.78 Å². The highest BCUT2D eigenvalue weighted by Gasteiger charge is 2.24. The van der Waals surface area contributed by atoms with E-state index in [9.17, 15) is 8.78 Å². The van der Waals surface area contributed by atoms with Crippen molar-refractivity contribution >= 4 is 27.7 Å². The van der Waals surface area contributed by atoms with Crippen molar-refractivity contribution in [1.29, 1.82) is 0 Å². The fourth-order valence-corrected chi connectivity index (χ4v) is 2.34. The van der Waals surface area contributed by atoms with E-state index in [1.807, 2.05) is 0 Å². The molecule has 3 nitrogen and oxygen atoms in total. The average Bonchev–Trinajstić information content (AvgIpc) is 2.83. The molecule has 1 heterocycles. The Kier molecular flexibility index (Phi) is 3.80. The Bertz CT molecular complexity index is 519. The maximum atomic E-state index is 13.9. The zero-order valence-corrected chi connectivity index (χ0v) is 11.1. The van der Waals surface area contributed by atoms with Crippen LogP contribution in [0.3, 0.4) is 0 Å². The first-order valence-electron chi connectivity index (χ1n) is 4.73. The van der Waals surface area contributed by atoms with E-state index in [0.29, 0.717) is 5.69 Å². The van der Waals surface area contributed by atoms with Crippen LogP contribution in [-0.4, -0.2) is 15.8 Å². The molecule has 1 aromatic carbocycles. The standard InChI is InChI=1S/C10H8BrF2N3S/c1-14-10(7-4-15-17-16-7)8-6(12)3-2-5(11)9(8)13/h2-4,10,14H,1H3. The van der Waals surface area contributed by atoms with Crippen LogP contribution in [-0.2, 0) is 0 Å². The van der Waals surface area contributed by atoms with E-state index in [0.717, 1.165) is 11.7 Å². The van der Waals surface area contributed by atoms with Gasteiger partial charge in [-0.1, -0.05) is 0 Å². The van der Waals surface area contributed by atoms with Crippen LogP contribution in [0.25, 0.3) is 0 Å². The Morgan fingerprint density at radius 3 is 2.76 bits per heavy atom. The number of rotatable bonds is 3. The molecule has 0 amide bonds. The van der Waals surface area contributed by atoms with Crippen molar-refractivity contribution in [3.63, 3.8) is 0 Å². The van der Waals surface area contributed by atoms with Gasteiger partial charge in [-0.2, -0.15) is 8.75 Å². The lowest BCUT2D eigenvalue weighted by Gasteiger charge is -2.16. The molecule has 2 rings (SSSR count). The van der Waals surface area contributed by atoms with Gasteiger partial charge in [0.1, 0.15) is 11.6 Å². The molecule has 0 aliphatic rings. The summed E-state index contributed by atoms with van der Waals surface area (Å²) < 4.78 is 35.7. The molecule has 1 N–H and O–H groups in total. The van der Waals surface area contributed by atoms with Crippen LogP contribution in [0, 0.1) is 11.6 Å². The van der Waals surface area contributed by atoms with Crippen molar-refractivity contribution in [1.82, 2.24) is 14.1 Å². The van der Waals surface area contributed by atoms with Gasteiger partial charge < -0.3 is 5.32 Å². The van der Waals surface area contributed by atoms with E-state index >= 15 is 0 Å². The normalized spacial score (nSPS) is 12.7. The van der Waals surface area contributed by atoms with Gasteiger partial charge in [0.25, 0.3) is 0 Å². The van der Waals surface area contributed by atoms with E-state index in [-0.39, 0.29) is 10.0 Å². The summed E-state index contributed by atoms with van der Waals surface area (Å²) in [5.74, 6) is -1.24. The molecule has 0 radical (unpaired) electrons. The van der Waals surface area contributed by atoms with E-state index < -0.39 is 17.7 Å². The Morgan fingerprint density at radius 2 is 2.18 bits per heavy atom. The lowest BCUT2D eigenvalue weighted by Crippen LogP contribution is -2.21. The molecule has 0 bridgehead atoms. The maximum Gasteiger partial charge on any atom is 0.145 e. The van der Waals surface area contributed by atoms with Gasteiger partial charge in [-0.05, 0) is 35.1 Å². The topological polar surface area (TPSA) is 37.8 Å². The molecule has 90 valence electrons. The Balaban J connectivity index is 2.55. The first kappa shape index (κ1) is 12.5. The summed E-state index contributed by atoms with van der Waals surface area (Å²) in [7, 11) is 1.61. The second-order valence-corrected chi connectivity index (χ2v) is 4.72. The fraction of sp³-hybridized carbons (Fsp3) is 0.200. The largest absolute Gasteiger partial charge is 0.308 e. The molecule has 0 saturated heterocycles. The molecule has 7 heteroatoms. The molecule has 0 aliphatic carbocycles. The highest BCUT2D eigenvalue weighted by atomic mass is 79.9. The van der Waals surface area contributed by atoms with E-state index in [1.54, 1.807) is 7.05 Å². The van der Waals surface area contributed by atoms with E-state index in [4.69, 9.17) is 0 Å². The van der Waals surface area contributed by atoms with E-state index in [2.05, 4.69) is 30.0 Å². The van der Waals surface area contributed by atoms with Gasteiger partial charge in [0.05, 0.1) is 34.1 Å². The summed E-state index contributed by atoms with van der Waals surface area (Å²) in [4.78, 5) is 0. The van der Waals surface area contributed by atoms with Gasteiger partial charge >= 0.3 is 0 Å². The molecule has 1 aromatic heterocycles. The Morgan fingerprint density at radius 1 is 1.41 bits per heavy atom. The number of nitrogens with one attached hydrogen (secondary N) is 1. The third-order valence-electron chi connectivity index (χ3n) is 2.33. The summed E-state index contributed by atoms with van der Waals surface area (Å²) in [6, 6.07) is 1.90. The summed E-state index contributed by atoms with van der Waals surface area (Å²) in [5, 5.41) is 2.83. The molecular weight excluding hydrogens is 312 g/mol. The first-order valence-corrected chi connectivity index (χ1v) is 6.25. The van der Waals surface area contributed by atoms with Gasteiger partial charge in [-0.15, -0.1) is 0 Å². The lowest BCUT2D eigenvalue weighted by atomic mass is 10.0. The number of benzene rings is 1. The maximum absolute atomic E-state index is 13.9. The highest BCUT2D eigenvalue weighted by molar-refractivity contribution is 9.10. The van der Waals surface area contributed by atoms with Crippen LogP contribution in [0.5, 0.6) is 0 Å². The minimum absolute atomic E-state index is 0.0606. The average molecular weight is 320 g/mol. The second-order valence-electron chi connectivity index (χ2n) is 3.31. The van der Waals surface area contributed by atoms with Crippen molar-refractivity contribution in [3.05, 3.63) is 45.7 Å². The third kappa shape index (κ3) is 2.36. The summed E-state index contributed by atoms with van der Waals surface area (Å²) in [6.07, 6.45) is 1.49. The Hall–Kier alpha value is -0.920. The number of aromatic nitrogens is 2. The predicted molar refractivity (Wildman–Crippen MR) is 64.9 cm³/mol. The monoisotopic (exact) mass is 319 g/mol. The molecule has 17 heavy (non-hydrogen) atoms. The Labute approximate surface area is 109 Å². The van der Waals surface area contributed by atoms with E-state index in [1.165, 1.54) is 18.3 Å². The van der Waals surface area contributed by atoms with Crippen molar-refractivity contribution in [3.8, 4) is 0 Å². The number of halogens is 3. The predicted octanol–water partition coefficient (Wildman–Crippen LogP) is 2.89. The molecular formula is C10H8BrF2N3S. The van der Waals surface area contributed by atoms with Crippen molar-refractivity contribution in [2.75, 3.05) is 7.05 Å². The zero-order chi connectivity index (χ0) is 12.4. The van der Waals surface area contributed by atoms with Crippen LogP contribution >= 0.6 is 27.7 Å². The van der Waals surface area contributed by atoms with Crippen LogP contribution in [0.1, 0.15) is 17.3 Å². The summed E-state index contributed by atoms with van der Waals surface area (Å²) in [6.45, 7) is 0. The molecule has 1 atom stereocenters. The number of hydrogen-bond acceptors (Lipinski definition) is 4. The van der Waals surface area contributed by atoms with Crippen LogP contribution < -0.4 is 5.32 Å². The second kappa shape index (κ2) is 5.16. The molecule has 0 spiro atoms. The molecule has 1 unspecified atom stereocenters. The summed E-state index contributed by atoms with van der Waals surface area (Å²) in [5.41, 5.74) is 0.433. The lowest BCUT2D eigenvalue weighted by molar-refractivity contribution is 0.515. The minimum atomic E-state index is -0.647. The third-order valence-corrected chi connectivity index (χ3v) is 3.44. The van der Waals surface area contributed by atoms with Crippen molar-refractivity contribution in [2.24, 2.45) is 0 Å². The zero-order valence-electron chi connectivity index (χ0n) is 8.75.